The predicted octanol–water partition coefficient (Wildman–Crippen LogP) is 3.04. The number of furan rings is 1. The van der Waals surface area contributed by atoms with Gasteiger partial charge in [0.1, 0.15) is 4.88 Å². The summed E-state index contributed by atoms with van der Waals surface area (Å²) in [7, 11) is 0. The zero-order chi connectivity index (χ0) is 18.1. The van der Waals surface area contributed by atoms with E-state index in [1.165, 1.54) is 23.7 Å². The molecule has 1 aromatic carbocycles. The van der Waals surface area contributed by atoms with Crippen molar-refractivity contribution in [3.63, 3.8) is 0 Å². The minimum Gasteiger partial charge on any atom is -0.459 e. The van der Waals surface area contributed by atoms with E-state index < -0.39 is 11.8 Å². The van der Waals surface area contributed by atoms with Crippen LogP contribution in [0.25, 0.3) is 16.2 Å². The van der Waals surface area contributed by atoms with Crippen molar-refractivity contribution < 1.29 is 14.0 Å². The maximum absolute atomic E-state index is 12.4. The van der Waals surface area contributed by atoms with Crippen LogP contribution in [0.5, 0.6) is 0 Å². The fourth-order valence-corrected chi connectivity index (χ4v) is 3.55. The van der Waals surface area contributed by atoms with Crippen LogP contribution in [0.3, 0.4) is 0 Å². The molecular weight excluding hydrogens is 352 g/mol. The van der Waals surface area contributed by atoms with Crippen molar-refractivity contribution in [3.05, 3.63) is 71.3 Å². The molecular formula is C18H14N4O3S. The summed E-state index contributed by atoms with van der Waals surface area (Å²) < 4.78 is 6.84. The Morgan fingerprint density at radius 3 is 2.54 bits per heavy atom. The molecule has 0 atom stereocenters. The third-order valence-corrected chi connectivity index (χ3v) is 5.02. The first-order valence-corrected chi connectivity index (χ1v) is 8.63. The van der Waals surface area contributed by atoms with Crippen LogP contribution < -0.4 is 10.9 Å². The van der Waals surface area contributed by atoms with E-state index in [1.54, 1.807) is 6.07 Å². The average molecular weight is 366 g/mol. The molecule has 4 rings (SSSR count). The highest BCUT2D eigenvalue weighted by Gasteiger charge is 2.19. The van der Waals surface area contributed by atoms with E-state index in [9.17, 15) is 9.59 Å². The predicted molar refractivity (Wildman–Crippen MR) is 96.9 cm³/mol. The highest BCUT2D eigenvalue weighted by atomic mass is 32.1. The number of hydrazine groups is 1. The van der Waals surface area contributed by atoms with Gasteiger partial charge in [-0.05, 0) is 19.1 Å². The number of hydrogen-bond donors (Lipinski definition) is 2. The summed E-state index contributed by atoms with van der Waals surface area (Å²) in [4.78, 5) is 30.0. The summed E-state index contributed by atoms with van der Waals surface area (Å²) in [6.07, 6.45) is 3.29. The summed E-state index contributed by atoms with van der Waals surface area (Å²) in [5.74, 6) is -0.802. The van der Waals surface area contributed by atoms with Crippen LogP contribution in [0.2, 0.25) is 0 Å². The maximum Gasteiger partial charge on any atom is 0.305 e. The monoisotopic (exact) mass is 366 g/mol. The van der Waals surface area contributed by atoms with Gasteiger partial charge in [-0.25, -0.2) is 4.98 Å². The van der Waals surface area contributed by atoms with Crippen molar-refractivity contribution in [1.82, 2.24) is 20.2 Å². The molecule has 0 bridgehead atoms. The van der Waals surface area contributed by atoms with Crippen molar-refractivity contribution in [1.29, 1.82) is 0 Å². The molecule has 0 fully saturated rings. The van der Waals surface area contributed by atoms with Crippen LogP contribution in [-0.4, -0.2) is 21.2 Å². The van der Waals surface area contributed by atoms with Crippen LogP contribution in [0.1, 0.15) is 25.9 Å². The van der Waals surface area contributed by atoms with Gasteiger partial charge >= 0.3 is 5.91 Å². The van der Waals surface area contributed by atoms with Gasteiger partial charge in [0.25, 0.3) is 5.91 Å². The van der Waals surface area contributed by atoms with Crippen LogP contribution >= 0.6 is 11.3 Å². The molecule has 3 aromatic heterocycles. The van der Waals surface area contributed by atoms with E-state index in [0.29, 0.717) is 9.84 Å². The number of aryl methyl sites for hydroxylation is 1. The quantitative estimate of drug-likeness (QED) is 0.546. The van der Waals surface area contributed by atoms with Gasteiger partial charge in [-0.1, -0.05) is 41.7 Å². The number of carbonyl (C=O) groups is 2. The van der Waals surface area contributed by atoms with Crippen molar-refractivity contribution in [2.45, 2.75) is 6.92 Å². The second kappa shape index (κ2) is 6.49. The fourth-order valence-electron chi connectivity index (χ4n) is 2.55. The molecule has 0 unspecified atom stereocenters. The first kappa shape index (κ1) is 16.1. The molecule has 0 radical (unpaired) electrons. The molecule has 2 amide bonds. The van der Waals surface area contributed by atoms with E-state index in [-0.39, 0.29) is 5.76 Å². The summed E-state index contributed by atoms with van der Waals surface area (Å²) in [5.41, 5.74) is 7.34. The molecule has 130 valence electrons. The van der Waals surface area contributed by atoms with Crippen molar-refractivity contribution in [2.24, 2.45) is 0 Å². The molecule has 3 heterocycles. The number of rotatable bonds is 3. The molecule has 4 aromatic rings. The van der Waals surface area contributed by atoms with Gasteiger partial charge in [-0.3, -0.25) is 24.8 Å². The zero-order valence-electron chi connectivity index (χ0n) is 13.7. The molecule has 7 nitrogen and oxygen atoms in total. The Hall–Kier alpha value is -3.39. The lowest BCUT2D eigenvalue weighted by Crippen LogP contribution is -2.41. The minimum atomic E-state index is -0.520. The Kier molecular flexibility index (Phi) is 4.02. The van der Waals surface area contributed by atoms with Gasteiger partial charge in [-0.15, -0.1) is 0 Å². The largest absolute Gasteiger partial charge is 0.459 e. The fraction of sp³-hybridized carbons (Fsp3) is 0.0556. The topological polar surface area (TPSA) is 88.6 Å². The number of hydrogen-bond acceptors (Lipinski definition) is 5. The molecule has 0 aliphatic rings. The third-order valence-electron chi connectivity index (χ3n) is 3.87. The van der Waals surface area contributed by atoms with E-state index in [0.717, 1.165) is 17.0 Å². The van der Waals surface area contributed by atoms with Crippen LogP contribution in [0.4, 0.5) is 0 Å². The molecule has 0 saturated heterocycles. The summed E-state index contributed by atoms with van der Waals surface area (Å²) in [5, 5.41) is 0. The molecule has 0 aliphatic carbocycles. The van der Waals surface area contributed by atoms with Gasteiger partial charge in [0, 0.05) is 17.5 Å². The van der Waals surface area contributed by atoms with E-state index in [1.807, 2.05) is 47.9 Å². The highest BCUT2D eigenvalue weighted by molar-refractivity contribution is 7.19. The Morgan fingerprint density at radius 2 is 1.85 bits per heavy atom. The SMILES string of the molecule is Cc1c(C(=O)NNC(=O)c2ccco2)sc2nc(-c3ccccc3)cn12. The zero-order valence-corrected chi connectivity index (χ0v) is 14.5. The molecule has 8 heteroatoms. The normalized spacial score (nSPS) is 10.8. The summed E-state index contributed by atoms with van der Waals surface area (Å²) >= 11 is 1.26. The first-order chi connectivity index (χ1) is 12.6. The summed E-state index contributed by atoms with van der Waals surface area (Å²) in [6.45, 7) is 1.84. The Morgan fingerprint density at radius 1 is 1.08 bits per heavy atom. The number of nitrogens with one attached hydrogen (secondary N) is 2. The lowest BCUT2D eigenvalue weighted by atomic mass is 10.2. The first-order valence-electron chi connectivity index (χ1n) is 7.81. The number of amides is 2. The van der Waals surface area contributed by atoms with Crippen LogP contribution in [0, 0.1) is 6.92 Å². The van der Waals surface area contributed by atoms with Gasteiger partial charge in [0.05, 0.1) is 12.0 Å². The third kappa shape index (κ3) is 2.86. The number of fused-ring (bicyclic) bond motifs is 1. The molecule has 0 saturated carbocycles. The number of benzene rings is 1. The van der Waals surface area contributed by atoms with Gasteiger partial charge in [-0.2, -0.15) is 0 Å². The van der Waals surface area contributed by atoms with E-state index >= 15 is 0 Å². The number of nitrogens with zero attached hydrogens (tertiary/aromatic N) is 2. The Balaban J connectivity index is 1.53. The number of imidazole rings is 1. The Labute approximate surface area is 152 Å². The van der Waals surface area contributed by atoms with Gasteiger partial charge in [0.2, 0.25) is 0 Å². The molecule has 0 aliphatic heterocycles. The van der Waals surface area contributed by atoms with Crippen LogP contribution in [-0.2, 0) is 0 Å². The molecule has 2 N–H and O–H groups in total. The van der Waals surface area contributed by atoms with Gasteiger partial charge in [0.15, 0.2) is 10.7 Å². The standard InChI is InChI=1S/C18H14N4O3S/c1-11-15(17(24)21-20-16(23)14-8-5-9-25-14)26-18-19-13(10-22(11)18)12-6-3-2-4-7-12/h2-10H,1H3,(H,20,23)(H,21,24). The average Bonchev–Trinajstić information content (AvgIpc) is 3.38. The number of carbonyl (C=O) groups excluding carboxylic acids is 2. The van der Waals surface area contributed by atoms with E-state index in [2.05, 4.69) is 15.8 Å². The number of thiazole rings is 1. The Bertz CT molecular complexity index is 1080. The van der Waals surface area contributed by atoms with Gasteiger partial charge < -0.3 is 4.42 Å². The van der Waals surface area contributed by atoms with Crippen molar-refractivity contribution >= 4 is 28.1 Å². The second-order valence-electron chi connectivity index (χ2n) is 5.55. The molecule has 26 heavy (non-hydrogen) atoms. The number of aromatic nitrogens is 2. The minimum absolute atomic E-state index is 0.121. The second-order valence-corrected chi connectivity index (χ2v) is 6.52. The summed E-state index contributed by atoms with van der Waals surface area (Å²) in [6, 6.07) is 12.9. The van der Waals surface area contributed by atoms with E-state index in [4.69, 9.17) is 4.42 Å². The van der Waals surface area contributed by atoms with Crippen LogP contribution in [0.15, 0.2) is 59.3 Å². The lowest BCUT2D eigenvalue weighted by Gasteiger charge is -2.05. The lowest BCUT2D eigenvalue weighted by molar-refractivity contribution is 0.0832. The van der Waals surface area contributed by atoms with Crippen molar-refractivity contribution in [2.75, 3.05) is 0 Å². The highest BCUT2D eigenvalue weighted by Crippen LogP contribution is 2.26. The van der Waals surface area contributed by atoms with Crippen molar-refractivity contribution in [3.8, 4) is 11.3 Å². The maximum atomic E-state index is 12.4. The smallest absolute Gasteiger partial charge is 0.305 e. The molecule has 0 spiro atoms.